The van der Waals surface area contributed by atoms with Crippen LogP contribution in [0.2, 0.25) is 25.7 Å². The van der Waals surface area contributed by atoms with Gasteiger partial charge in [-0.05, 0) is 36.6 Å². The van der Waals surface area contributed by atoms with Crippen LogP contribution in [0.1, 0.15) is 39.5 Å². The Bertz CT molecular complexity index is 377. The van der Waals surface area contributed by atoms with E-state index in [4.69, 9.17) is 9.47 Å². The van der Waals surface area contributed by atoms with Gasteiger partial charge in [-0.25, -0.2) is 0 Å². The lowest BCUT2D eigenvalue weighted by Crippen LogP contribution is -2.43. The van der Waals surface area contributed by atoms with E-state index < -0.39 is 8.07 Å². The number of ketones is 1. The highest BCUT2D eigenvalue weighted by Gasteiger charge is 2.53. The van der Waals surface area contributed by atoms with Gasteiger partial charge in [0.15, 0.2) is 0 Å². The van der Waals surface area contributed by atoms with Gasteiger partial charge in [0, 0.05) is 27.0 Å². The van der Waals surface area contributed by atoms with E-state index >= 15 is 0 Å². The van der Waals surface area contributed by atoms with E-state index in [0.29, 0.717) is 18.5 Å². The van der Waals surface area contributed by atoms with Gasteiger partial charge in [0.2, 0.25) is 0 Å². The molecule has 2 aliphatic carbocycles. The van der Waals surface area contributed by atoms with Crippen molar-refractivity contribution in [2.45, 2.75) is 71.3 Å². The molecule has 122 valence electrons. The molecule has 0 spiro atoms. The zero-order chi connectivity index (χ0) is 15.7. The number of carbonyl (C=O) groups excluding carboxylic acids is 1. The molecule has 0 N–H and O–H groups in total. The molecule has 2 saturated carbocycles. The molecule has 0 aromatic heterocycles. The zero-order valence-electron chi connectivity index (χ0n) is 14.4. The minimum atomic E-state index is -1.02. The molecule has 0 bridgehead atoms. The molecule has 21 heavy (non-hydrogen) atoms. The van der Waals surface area contributed by atoms with Crippen molar-refractivity contribution in [1.29, 1.82) is 0 Å². The molecule has 0 aromatic carbocycles. The molecule has 0 heterocycles. The molecule has 0 amide bonds. The minimum Gasteiger partial charge on any atom is -0.356 e. The molecule has 0 aromatic rings. The summed E-state index contributed by atoms with van der Waals surface area (Å²) in [4.78, 5) is 11.9. The lowest BCUT2D eigenvalue weighted by molar-refractivity contribution is -0.144. The van der Waals surface area contributed by atoms with Gasteiger partial charge in [-0.15, -0.1) is 0 Å². The maximum Gasteiger partial charge on any atom is 0.147 e. The molecule has 0 aliphatic heterocycles. The van der Waals surface area contributed by atoms with Crippen LogP contribution in [0.25, 0.3) is 0 Å². The highest BCUT2D eigenvalue weighted by molar-refractivity contribution is 6.76. The lowest BCUT2D eigenvalue weighted by Gasteiger charge is -2.42. The fourth-order valence-corrected chi connectivity index (χ4v) is 4.84. The normalized spacial score (nSPS) is 36.8. The Morgan fingerprint density at radius 3 is 2.67 bits per heavy atom. The van der Waals surface area contributed by atoms with Crippen molar-refractivity contribution in [3.8, 4) is 0 Å². The van der Waals surface area contributed by atoms with Crippen LogP contribution in [0.15, 0.2) is 0 Å². The second kappa shape index (κ2) is 6.51. The summed E-state index contributed by atoms with van der Waals surface area (Å²) in [5.41, 5.74) is 0.176. The number of Topliss-reactive ketones (excluding diaryl/α,β-unsaturated/α-hetero) is 1. The average Bonchev–Trinajstić information content (AvgIpc) is 2.71. The van der Waals surface area contributed by atoms with Crippen molar-refractivity contribution in [3.05, 3.63) is 0 Å². The van der Waals surface area contributed by atoms with Gasteiger partial charge < -0.3 is 9.47 Å². The topological polar surface area (TPSA) is 35.5 Å². The highest BCUT2D eigenvalue weighted by atomic mass is 28.3. The Morgan fingerprint density at radius 2 is 2.00 bits per heavy atom. The summed E-state index contributed by atoms with van der Waals surface area (Å²) in [7, 11) is -1.02. The first-order chi connectivity index (χ1) is 9.74. The molecule has 2 aliphatic rings. The van der Waals surface area contributed by atoms with Crippen molar-refractivity contribution >= 4 is 13.9 Å². The number of hydrogen-bond donors (Lipinski definition) is 0. The van der Waals surface area contributed by atoms with Crippen molar-refractivity contribution in [1.82, 2.24) is 0 Å². The van der Waals surface area contributed by atoms with Crippen LogP contribution in [0, 0.1) is 17.3 Å². The third kappa shape index (κ3) is 3.96. The molecule has 4 atom stereocenters. The summed E-state index contributed by atoms with van der Waals surface area (Å²) >= 11 is 0. The van der Waals surface area contributed by atoms with Gasteiger partial charge in [0.25, 0.3) is 0 Å². The van der Waals surface area contributed by atoms with Gasteiger partial charge in [-0.2, -0.15) is 0 Å². The largest absolute Gasteiger partial charge is 0.356 e. The molecule has 4 heteroatoms. The van der Waals surface area contributed by atoms with E-state index in [9.17, 15) is 4.79 Å². The first-order valence-corrected chi connectivity index (χ1v) is 12.2. The van der Waals surface area contributed by atoms with Gasteiger partial charge in [-0.1, -0.05) is 33.5 Å². The second-order valence-electron chi connectivity index (χ2n) is 8.44. The van der Waals surface area contributed by atoms with Gasteiger partial charge >= 0.3 is 0 Å². The molecule has 0 radical (unpaired) electrons. The Kier molecular flexibility index (Phi) is 5.32. The van der Waals surface area contributed by atoms with Crippen LogP contribution in [0.5, 0.6) is 0 Å². The number of fused-ring (bicyclic) bond motifs is 1. The Labute approximate surface area is 130 Å². The van der Waals surface area contributed by atoms with E-state index in [1.54, 1.807) is 0 Å². The molecule has 0 unspecified atom stereocenters. The number of rotatable bonds is 6. The Morgan fingerprint density at radius 1 is 1.29 bits per heavy atom. The molecule has 2 fully saturated rings. The summed E-state index contributed by atoms with van der Waals surface area (Å²) in [5, 5.41) is 0. The molecular formula is C17H32O3Si. The van der Waals surface area contributed by atoms with Crippen LogP contribution >= 0.6 is 0 Å². The van der Waals surface area contributed by atoms with Gasteiger partial charge in [-0.3, -0.25) is 4.79 Å². The van der Waals surface area contributed by atoms with Crippen LogP contribution in [0.4, 0.5) is 0 Å². The van der Waals surface area contributed by atoms with Gasteiger partial charge in [0.05, 0.1) is 6.10 Å². The number of hydrogen-bond acceptors (Lipinski definition) is 3. The second-order valence-corrected chi connectivity index (χ2v) is 14.1. The van der Waals surface area contributed by atoms with E-state index in [-0.39, 0.29) is 17.4 Å². The quantitative estimate of drug-likeness (QED) is 0.421. The predicted molar refractivity (Wildman–Crippen MR) is 88.1 cm³/mol. The van der Waals surface area contributed by atoms with Crippen molar-refractivity contribution in [2.24, 2.45) is 17.3 Å². The maximum absolute atomic E-state index is 11.9. The first kappa shape index (κ1) is 17.2. The van der Waals surface area contributed by atoms with E-state index in [1.807, 2.05) is 0 Å². The Hall–Kier alpha value is -0.193. The van der Waals surface area contributed by atoms with E-state index in [0.717, 1.165) is 32.3 Å². The molecule has 3 nitrogen and oxygen atoms in total. The van der Waals surface area contributed by atoms with Crippen molar-refractivity contribution < 1.29 is 14.3 Å². The molecular weight excluding hydrogens is 280 g/mol. The minimum absolute atomic E-state index is 0.176. The standard InChI is InChI=1S/C17H32O3Si/c1-13-14-6-7-16(17(14,2)9-8-15(13)18)20-12-19-10-11-21(3,4)5/h13-14,16H,6-12H2,1-5H3/t13-,14-,16+,17+/m1/s1. The summed E-state index contributed by atoms with van der Waals surface area (Å²) in [6.45, 7) is 12.7. The zero-order valence-corrected chi connectivity index (χ0v) is 15.4. The smallest absolute Gasteiger partial charge is 0.147 e. The van der Waals surface area contributed by atoms with Crippen molar-refractivity contribution in [3.63, 3.8) is 0 Å². The summed E-state index contributed by atoms with van der Waals surface area (Å²) < 4.78 is 11.7. The third-order valence-electron chi connectivity index (χ3n) is 5.69. The summed E-state index contributed by atoms with van der Waals surface area (Å²) in [5.74, 6) is 1.17. The molecule has 2 rings (SSSR count). The maximum atomic E-state index is 11.9. The van der Waals surface area contributed by atoms with Crippen molar-refractivity contribution in [2.75, 3.05) is 13.4 Å². The van der Waals surface area contributed by atoms with Crippen LogP contribution in [-0.2, 0) is 14.3 Å². The van der Waals surface area contributed by atoms with E-state index in [1.165, 1.54) is 6.04 Å². The predicted octanol–water partition coefficient (Wildman–Crippen LogP) is 4.10. The van der Waals surface area contributed by atoms with Gasteiger partial charge in [0.1, 0.15) is 12.6 Å². The first-order valence-electron chi connectivity index (χ1n) is 8.46. The summed E-state index contributed by atoms with van der Waals surface area (Å²) in [6, 6.07) is 1.19. The van der Waals surface area contributed by atoms with E-state index in [2.05, 4.69) is 33.5 Å². The van der Waals surface area contributed by atoms with Crippen LogP contribution < -0.4 is 0 Å². The van der Waals surface area contributed by atoms with Crippen LogP contribution in [-0.4, -0.2) is 33.4 Å². The lowest BCUT2D eigenvalue weighted by atomic mass is 9.64. The Balaban J connectivity index is 1.79. The fraction of sp³-hybridized carbons (Fsp3) is 0.941. The highest BCUT2D eigenvalue weighted by Crippen LogP contribution is 2.54. The monoisotopic (exact) mass is 312 g/mol. The van der Waals surface area contributed by atoms with Crippen LogP contribution in [0.3, 0.4) is 0 Å². The SMILES string of the molecule is C[C@H]1C(=O)CC[C@]2(C)[C@@H](OCOCC[Si](C)(C)C)CC[C@H]12. The summed E-state index contributed by atoms with van der Waals surface area (Å²) in [6.07, 6.45) is 4.19. The average molecular weight is 313 g/mol. The number of carbonyl (C=O) groups is 1. The fourth-order valence-electron chi connectivity index (χ4n) is 4.08. The third-order valence-corrected chi connectivity index (χ3v) is 7.40. The number of ether oxygens (including phenoxy) is 2. The molecule has 0 saturated heterocycles.